The summed E-state index contributed by atoms with van der Waals surface area (Å²) in [6.45, 7) is 0. The third-order valence-corrected chi connectivity index (χ3v) is 4.98. The number of nitrogens with one attached hydrogen (secondary N) is 2. The molecule has 2 aromatic carbocycles. The van der Waals surface area contributed by atoms with Gasteiger partial charge < -0.3 is 19.5 Å². The average Bonchev–Trinajstić information content (AvgIpc) is 2.66. The van der Waals surface area contributed by atoms with Crippen LogP contribution in [0.1, 0.15) is 10.4 Å². The SMILES string of the molecule is CNC(=O)c1ccc(OC)c(NS(=O)(=O)c2cc(OC)ccc2OC)c1. The highest BCUT2D eigenvalue weighted by molar-refractivity contribution is 7.92. The lowest BCUT2D eigenvalue weighted by atomic mass is 10.2. The van der Waals surface area contributed by atoms with E-state index >= 15 is 0 Å². The van der Waals surface area contributed by atoms with Crippen LogP contribution in [0.15, 0.2) is 41.3 Å². The Bertz CT molecular complexity index is 911. The third kappa shape index (κ3) is 3.99. The summed E-state index contributed by atoms with van der Waals surface area (Å²) in [4.78, 5) is 11.7. The summed E-state index contributed by atoms with van der Waals surface area (Å²) in [5.41, 5.74) is 0.405. The number of methoxy groups -OCH3 is 3. The first-order chi connectivity index (χ1) is 12.4. The Morgan fingerprint density at radius 3 is 2.15 bits per heavy atom. The number of benzene rings is 2. The summed E-state index contributed by atoms with van der Waals surface area (Å²) in [5, 5.41) is 2.48. The number of carbonyl (C=O) groups is 1. The van der Waals surface area contributed by atoms with Crippen molar-refractivity contribution in [3.05, 3.63) is 42.0 Å². The molecule has 0 aliphatic rings. The fourth-order valence-electron chi connectivity index (χ4n) is 2.27. The number of hydrogen-bond acceptors (Lipinski definition) is 6. The van der Waals surface area contributed by atoms with Crippen molar-refractivity contribution in [1.29, 1.82) is 0 Å². The summed E-state index contributed by atoms with van der Waals surface area (Å²) >= 11 is 0. The highest BCUT2D eigenvalue weighted by Crippen LogP contribution is 2.32. The van der Waals surface area contributed by atoms with Gasteiger partial charge in [-0.25, -0.2) is 8.42 Å². The molecule has 26 heavy (non-hydrogen) atoms. The molecule has 2 aromatic rings. The van der Waals surface area contributed by atoms with Crippen molar-refractivity contribution in [2.45, 2.75) is 4.90 Å². The quantitative estimate of drug-likeness (QED) is 0.760. The third-order valence-electron chi connectivity index (χ3n) is 3.59. The molecular formula is C17H20N2O6S. The summed E-state index contributed by atoms with van der Waals surface area (Å²) < 4.78 is 43.6. The predicted molar refractivity (Wildman–Crippen MR) is 96.7 cm³/mol. The van der Waals surface area contributed by atoms with Crippen molar-refractivity contribution in [2.75, 3.05) is 33.1 Å². The highest BCUT2D eigenvalue weighted by Gasteiger charge is 2.23. The van der Waals surface area contributed by atoms with Crippen molar-refractivity contribution in [3.8, 4) is 17.2 Å². The van der Waals surface area contributed by atoms with E-state index in [4.69, 9.17) is 14.2 Å². The number of hydrogen-bond donors (Lipinski definition) is 2. The largest absolute Gasteiger partial charge is 0.497 e. The molecule has 0 radical (unpaired) electrons. The summed E-state index contributed by atoms with van der Waals surface area (Å²) in [7, 11) is 1.65. The van der Waals surface area contributed by atoms with Crippen molar-refractivity contribution < 1.29 is 27.4 Å². The molecule has 2 rings (SSSR count). The first-order valence-corrected chi connectivity index (χ1v) is 8.99. The standard InChI is InChI=1S/C17H20N2O6S/c1-18-17(20)11-5-7-14(24-3)13(9-11)19-26(21,22)16-10-12(23-2)6-8-15(16)25-4/h5-10,19H,1-4H3,(H,18,20). The first kappa shape index (κ1) is 19.4. The first-order valence-electron chi connectivity index (χ1n) is 7.51. The summed E-state index contributed by atoms with van der Waals surface area (Å²) in [6.07, 6.45) is 0. The van der Waals surface area contributed by atoms with E-state index in [0.717, 1.165) is 0 Å². The van der Waals surface area contributed by atoms with Crippen molar-refractivity contribution in [1.82, 2.24) is 5.32 Å². The molecule has 0 spiro atoms. The molecule has 0 aromatic heterocycles. The minimum Gasteiger partial charge on any atom is -0.497 e. The van der Waals surface area contributed by atoms with Crippen LogP contribution in [0.25, 0.3) is 0 Å². The van der Waals surface area contributed by atoms with Crippen LogP contribution in [0.3, 0.4) is 0 Å². The molecule has 140 valence electrons. The maximum Gasteiger partial charge on any atom is 0.265 e. The molecule has 9 heteroatoms. The molecule has 8 nitrogen and oxygen atoms in total. The zero-order chi connectivity index (χ0) is 19.3. The molecule has 1 amide bonds. The Morgan fingerprint density at radius 2 is 1.58 bits per heavy atom. The van der Waals surface area contributed by atoms with Gasteiger partial charge in [0.05, 0.1) is 27.0 Å². The zero-order valence-electron chi connectivity index (χ0n) is 14.8. The molecule has 0 saturated heterocycles. The van der Waals surface area contributed by atoms with Gasteiger partial charge in [0.1, 0.15) is 22.1 Å². The van der Waals surface area contributed by atoms with Gasteiger partial charge in [0.15, 0.2) is 0 Å². The minimum atomic E-state index is -4.04. The fourth-order valence-corrected chi connectivity index (χ4v) is 3.51. The number of anilines is 1. The second-order valence-corrected chi connectivity index (χ2v) is 6.77. The van der Waals surface area contributed by atoms with E-state index in [0.29, 0.717) is 5.75 Å². The van der Waals surface area contributed by atoms with E-state index < -0.39 is 10.0 Å². The monoisotopic (exact) mass is 380 g/mol. The van der Waals surface area contributed by atoms with Gasteiger partial charge in [0.2, 0.25) is 0 Å². The summed E-state index contributed by atoms with van der Waals surface area (Å²) in [5.74, 6) is 0.423. The second kappa shape index (κ2) is 7.96. The molecule has 0 saturated carbocycles. The number of sulfonamides is 1. The van der Waals surface area contributed by atoms with Gasteiger partial charge in [0.25, 0.3) is 15.9 Å². The molecule has 0 aliphatic carbocycles. The number of ether oxygens (including phenoxy) is 3. The smallest absolute Gasteiger partial charge is 0.265 e. The molecular weight excluding hydrogens is 360 g/mol. The van der Waals surface area contributed by atoms with Gasteiger partial charge in [-0.05, 0) is 30.3 Å². The van der Waals surface area contributed by atoms with E-state index in [1.54, 1.807) is 6.07 Å². The molecule has 0 atom stereocenters. The van der Waals surface area contributed by atoms with E-state index in [2.05, 4.69) is 10.0 Å². The van der Waals surface area contributed by atoms with Crippen LogP contribution in [-0.2, 0) is 10.0 Å². The lowest BCUT2D eigenvalue weighted by Gasteiger charge is -2.15. The van der Waals surface area contributed by atoms with Crippen LogP contribution in [0, 0.1) is 0 Å². The maximum absolute atomic E-state index is 12.9. The lowest BCUT2D eigenvalue weighted by molar-refractivity contribution is 0.0963. The van der Waals surface area contributed by atoms with Crippen LogP contribution >= 0.6 is 0 Å². The minimum absolute atomic E-state index is 0.105. The Hall–Kier alpha value is -2.94. The molecule has 0 unspecified atom stereocenters. The summed E-state index contributed by atoms with van der Waals surface area (Å²) in [6, 6.07) is 8.85. The van der Waals surface area contributed by atoms with E-state index in [9.17, 15) is 13.2 Å². The number of amides is 1. The molecule has 2 N–H and O–H groups in total. The van der Waals surface area contributed by atoms with E-state index in [1.807, 2.05) is 0 Å². The van der Waals surface area contributed by atoms with Crippen molar-refractivity contribution in [2.24, 2.45) is 0 Å². The van der Waals surface area contributed by atoms with Gasteiger partial charge in [-0.1, -0.05) is 0 Å². The molecule has 0 aliphatic heterocycles. The highest BCUT2D eigenvalue weighted by atomic mass is 32.2. The van der Waals surface area contributed by atoms with Crippen LogP contribution in [0.5, 0.6) is 17.2 Å². The van der Waals surface area contributed by atoms with Crippen LogP contribution in [-0.4, -0.2) is 42.7 Å². The van der Waals surface area contributed by atoms with Gasteiger partial charge in [-0.2, -0.15) is 0 Å². The predicted octanol–water partition coefficient (Wildman–Crippen LogP) is 1.87. The molecule has 0 fully saturated rings. The Morgan fingerprint density at radius 1 is 0.923 bits per heavy atom. The van der Waals surface area contributed by atoms with Crippen LogP contribution in [0.4, 0.5) is 5.69 Å². The van der Waals surface area contributed by atoms with Crippen LogP contribution in [0.2, 0.25) is 0 Å². The number of carbonyl (C=O) groups excluding carboxylic acids is 1. The van der Waals surface area contributed by atoms with Gasteiger partial charge in [-0.15, -0.1) is 0 Å². The normalized spacial score (nSPS) is 10.8. The van der Waals surface area contributed by atoms with Gasteiger partial charge >= 0.3 is 0 Å². The zero-order valence-corrected chi connectivity index (χ0v) is 15.6. The number of rotatable bonds is 7. The van der Waals surface area contributed by atoms with Gasteiger partial charge in [0, 0.05) is 18.7 Å². The van der Waals surface area contributed by atoms with Gasteiger partial charge in [-0.3, -0.25) is 9.52 Å². The van der Waals surface area contributed by atoms with E-state index in [1.165, 1.54) is 58.7 Å². The van der Waals surface area contributed by atoms with Crippen molar-refractivity contribution in [3.63, 3.8) is 0 Å². The van der Waals surface area contributed by atoms with Crippen LogP contribution < -0.4 is 24.2 Å². The average molecular weight is 380 g/mol. The Labute approximate surface area is 152 Å². The van der Waals surface area contributed by atoms with E-state index in [-0.39, 0.29) is 33.6 Å². The van der Waals surface area contributed by atoms with Crippen molar-refractivity contribution >= 4 is 21.6 Å². The Kier molecular flexibility index (Phi) is 5.93. The topological polar surface area (TPSA) is 103 Å². The lowest BCUT2D eigenvalue weighted by Crippen LogP contribution is -2.19. The maximum atomic E-state index is 12.9. The molecule has 0 bridgehead atoms. The second-order valence-electron chi connectivity index (χ2n) is 5.12. The Balaban J connectivity index is 2.51. The molecule has 0 heterocycles. The fraction of sp³-hybridized carbons (Fsp3) is 0.235.